The molecule has 0 spiro atoms. The van der Waals surface area contributed by atoms with Crippen LogP contribution in [0.4, 0.5) is 0 Å². The molecule has 1 aromatic heterocycles. The molecule has 0 aliphatic carbocycles. The number of aromatic nitrogens is 2. The molecule has 0 atom stereocenters. The Morgan fingerprint density at radius 1 is 1.18 bits per heavy atom. The number of phenolic OH excluding ortho intramolecular Hbond substituents is 1. The Kier molecular flexibility index (Phi) is 7.03. The van der Waals surface area contributed by atoms with Crippen molar-refractivity contribution in [2.24, 2.45) is 0 Å². The maximum atomic E-state index is 13.3. The summed E-state index contributed by atoms with van der Waals surface area (Å²) >= 11 is 1.99. The van der Waals surface area contributed by atoms with Gasteiger partial charge in [0, 0.05) is 32.2 Å². The van der Waals surface area contributed by atoms with Crippen LogP contribution in [0, 0.1) is 3.57 Å². The third kappa shape index (κ3) is 4.46. The number of hydrogen-bond acceptors (Lipinski definition) is 8. The molecule has 0 radical (unpaired) electrons. The van der Waals surface area contributed by atoms with Gasteiger partial charge in [0.1, 0.15) is 28.5 Å². The summed E-state index contributed by atoms with van der Waals surface area (Å²) in [6, 6.07) is 5.89. The van der Waals surface area contributed by atoms with Crippen LogP contribution in [-0.4, -0.2) is 79.6 Å². The Hall–Kier alpha value is -2.42. The molecule has 1 fully saturated rings. The second-order valence-electron chi connectivity index (χ2n) is 7.85. The third-order valence-electron chi connectivity index (χ3n) is 5.69. The molecule has 1 aliphatic heterocycles. The van der Waals surface area contributed by atoms with Crippen LogP contribution in [0.3, 0.4) is 0 Å². The van der Waals surface area contributed by atoms with Gasteiger partial charge in [-0.15, -0.1) is 0 Å². The summed E-state index contributed by atoms with van der Waals surface area (Å²) in [4.78, 5) is 22.3. The summed E-state index contributed by atoms with van der Waals surface area (Å²) in [5.41, 5.74) is 0.00739. The van der Waals surface area contributed by atoms with Crippen LogP contribution in [0.2, 0.25) is 0 Å². The van der Waals surface area contributed by atoms with Crippen molar-refractivity contribution in [2.45, 2.75) is 11.8 Å². The second-order valence-corrected chi connectivity index (χ2v) is 10.9. The van der Waals surface area contributed by atoms with E-state index in [0.29, 0.717) is 53.4 Å². The molecule has 34 heavy (non-hydrogen) atoms. The van der Waals surface area contributed by atoms with E-state index in [2.05, 4.69) is 14.9 Å². The summed E-state index contributed by atoms with van der Waals surface area (Å²) in [5, 5.41) is 10.4. The van der Waals surface area contributed by atoms with E-state index in [-0.39, 0.29) is 27.4 Å². The molecule has 10 nitrogen and oxygen atoms in total. The minimum absolute atomic E-state index is 0.0214. The van der Waals surface area contributed by atoms with E-state index < -0.39 is 15.6 Å². The van der Waals surface area contributed by atoms with Crippen molar-refractivity contribution in [1.29, 1.82) is 0 Å². The van der Waals surface area contributed by atoms with Gasteiger partial charge in [0.2, 0.25) is 10.0 Å². The van der Waals surface area contributed by atoms with Gasteiger partial charge >= 0.3 is 0 Å². The minimum atomic E-state index is -3.76. The third-order valence-corrected chi connectivity index (χ3v) is 8.63. The van der Waals surface area contributed by atoms with Gasteiger partial charge in [-0.1, -0.05) is 0 Å². The number of phenols is 1. The van der Waals surface area contributed by atoms with Crippen molar-refractivity contribution in [2.75, 3.05) is 46.9 Å². The van der Waals surface area contributed by atoms with E-state index in [1.165, 1.54) is 29.6 Å². The topological polar surface area (TPSA) is 125 Å². The van der Waals surface area contributed by atoms with Crippen LogP contribution in [-0.2, 0) is 10.0 Å². The van der Waals surface area contributed by atoms with Crippen molar-refractivity contribution in [1.82, 2.24) is 19.2 Å². The molecule has 182 valence electrons. The monoisotopic (exact) mass is 600 g/mol. The maximum Gasteiger partial charge on any atom is 0.262 e. The van der Waals surface area contributed by atoms with Crippen LogP contribution >= 0.6 is 22.6 Å². The molecule has 3 aromatic rings. The molecule has 12 heteroatoms. The molecule has 0 saturated carbocycles. The normalized spacial score (nSPS) is 15.5. The second kappa shape index (κ2) is 9.68. The number of aromatic amines is 1. The molecular weight excluding hydrogens is 575 g/mol. The fourth-order valence-corrected chi connectivity index (χ4v) is 6.05. The molecule has 1 saturated heterocycles. The van der Waals surface area contributed by atoms with Gasteiger partial charge in [0.25, 0.3) is 5.56 Å². The Morgan fingerprint density at radius 2 is 1.88 bits per heavy atom. The fourth-order valence-electron chi connectivity index (χ4n) is 3.84. The number of nitrogens with zero attached hydrogens (tertiary/aromatic N) is 3. The zero-order valence-electron chi connectivity index (χ0n) is 19.0. The number of methoxy groups -OCH3 is 1. The number of nitrogens with one attached hydrogen (secondary N) is 1. The first-order valence-corrected chi connectivity index (χ1v) is 13.1. The Labute approximate surface area is 210 Å². The van der Waals surface area contributed by atoms with E-state index >= 15 is 0 Å². The Bertz CT molecular complexity index is 1400. The Balaban J connectivity index is 1.90. The van der Waals surface area contributed by atoms with Crippen LogP contribution in [0.25, 0.3) is 22.3 Å². The highest BCUT2D eigenvalue weighted by Crippen LogP contribution is 2.36. The van der Waals surface area contributed by atoms with Crippen LogP contribution < -0.4 is 15.0 Å². The van der Waals surface area contributed by atoms with Gasteiger partial charge in [-0.2, -0.15) is 4.31 Å². The number of H-pyrrole nitrogens is 1. The number of aromatic hydroxyl groups is 1. The molecule has 0 bridgehead atoms. The minimum Gasteiger partial charge on any atom is -0.507 e. The Morgan fingerprint density at radius 3 is 2.53 bits per heavy atom. The number of halogens is 1. The highest BCUT2D eigenvalue weighted by molar-refractivity contribution is 14.1. The van der Waals surface area contributed by atoms with Gasteiger partial charge in [-0.05, 0) is 54.8 Å². The molecule has 0 unspecified atom stereocenters. The molecule has 4 rings (SSSR count). The summed E-state index contributed by atoms with van der Waals surface area (Å²) < 4.78 is 39.7. The lowest BCUT2D eigenvalue weighted by Gasteiger charge is -2.31. The van der Waals surface area contributed by atoms with Crippen molar-refractivity contribution in [3.63, 3.8) is 0 Å². The number of fused-ring (bicyclic) bond motifs is 1. The predicted molar refractivity (Wildman–Crippen MR) is 136 cm³/mol. The lowest BCUT2D eigenvalue weighted by molar-refractivity contribution is 0.222. The van der Waals surface area contributed by atoms with E-state index in [0.717, 1.165) is 0 Å². The number of ether oxygens (including phenoxy) is 2. The van der Waals surface area contributed by atoms with E-state index in [1.54, 1.807) is 13.0 Å². The summed E-state index contributed by atoms with van der Waals surface area (Å²) in [6.07, 6.45) is 0. The van der Waals surface area contributed by atoms with Crippen molar-refractivity contribution in [3.05, 3.63) is 38.2 Å². The van der Waals surface area contributed by atoms with Crippen LogP contribution in [0.1, 0.15) is 6.92 Å². The molecular formula is C22H25IN4O6S. The number of likely N-dealkylation sites (N-methyl/N-ethyl adjacent to an activating group) is 1. The van der Waals surface area contributed by atoms with E-state index in [1.807, 2.05) is 29.6 Å². The zero-order valence-corrected chi connectivity index (χ0v) is 21.9. The van der Waals surface area contributed by atoms with Crippen molar-refractivity contribution < 1.29 is 23.0 Å². The first kappa shape index (κ1) is 24.7. The maximum absolute atomic E-state index is 13.3. The molecule has 2 N–H and O–H groups in total. The summed E-state index contributed by atoms with van der Waals surface area (Å²) in [5.74, 6) is 0.612. The number of hydrogen-bond donors (Lipinski definition) is 2. The standard InChI is InChI=1S/C22H25IN4O6S/c1-4-33-16-6-5-13(34(30,31)27-9-7-26(2)8-10-27)11-14(16)21-24-20-18(22(29)25-21)15(28)12-17(32-3)19(20)23/h5-6,11-12,28H,4,7-10H2,1-3H3,(H,24,25,29). The average molecular weight is 600 g/mol. The highest BCUT2D eigenvalue weighted by atomic mass is 127. The molecule has 0 amide bonds. The van der Waals surface area contributed by atoms with Crippen molar-refractivity contribution in [3.8, 4) is 28.6 Å². The first-order valence-electron chi connectivity index (χ1n) is 10.6. The number of rotatable bonds is 6. The SMILES string of the molecule is CCOc1ccc(S(=O)(=O)N2CCN(C)CC2)cc1-c1nc2c(I)c(OC)cc(O)c2c(=O)[nH]1. The average Bonchev–Trinajstić information content (AvgIpc) is 2.81. The first-order chi connectivity index (χ1) is 16.2. The highest BCUT2D eigenvalue weighted by Gasteiger charge is 2.29. The predicted octanol–water partition coefficient (Wildman–Crippen LogP) is 2.24. The smallest absolute Gasteiger partial charge is 0.262 e. The fraction of sp³-hybridized carbons (Fsp3) is 0.364. The lowest BCUT2D eigenvalue weighted by atomic mass is 10.1. The zero-order chi connectivity index (χ0) is 24.6. The number of sulfonamides is 1. The van der Waals surface area contributed by atoms with Gasteiger partial charge in [-0.25, -0.2) is 13.4 Å². The quantitative estimate of drug-likeness (QED) is 0.413. The van der Waals surface area contributed by atoms with Gasteiger partial charge in [0.15, 0.2) is 0 Å². The largest absolute Gasteiger partial charge is 0.507 e. The summed E-state index contributed by atoms with van der Waals surface area (Å²) in [6.45, 7) is 4.22. The lowest BCUT2D eigenvalue weighted by Crippen LogP contribution is -2.47. The summed E-state index contributed by atoms with van der Waals surface area (Å²) in [7, 11) is -0.348. The van der Waals surface area contributed by atoms with Gasteiger partial charge in [0.05, 0.1) is 33.3 Å². The number of piperazine rings is 1. The molecule has 2 heterocycles. The van der Waals surface area contributed by atoms with Crippen LogP contribution in [0.5, 0.6) is 17.2 Å². The molecule has 1 aliphatic rings. The number of benzene rings is 2. The van der Waals surface area contributed by atoms with Gasteiger partial charge in [-0.3, -0.25) is 4.79 Å². The van der Waals surface area contributed by atoms with E-state index in [4.69, 9.17) is 9.47 Å². The van der Waals surface area contributed by atoms with E-state index in [9.17, 15) is 18.3 Å². The van der Waals surface area contributed by atoms with Crippen molar-refractivity contribution >= 4 is 43.5 Å². The molecule has 2 aromatic carbocycles. The van der Waals surface area contributed by atoms with Crippen LogP contribution in [0.15, 0.2) is 34.0 Å². The van der Waals surface area contributed by atoms with Gasteiger partial charge < -0.3 is 24.5 Å².